The molecule has 0 radical (unpaired) electrons. The molecule has 0 saturated heterocycles. The van der Waals surface area contributed by atoms with Crippen molar-refractivity contribution in [2.45, 2.75) is 433 Å². The average molecular weight is 1470 g/mol. The lowest BCUT2D eigenvalue weighted by atomic mass is 9.99. The molecule has 19 heteroatoms. The van der Waals surface area contributed by atoms with E-state index >= 15 is 0 Å². The Morgan fingerprint density at radius 2 is 0.480 bits per heavy atom. The molecule has 0 saturated carbocycles. The summed E-state index contributed by atoms with van der Waals surface area (Å²) in [6.07, 6.45) is 56.9. The van der Waals surface area contributed by atoms with E-state index in [1.807, 2.05) is 0 Å². The normalized spacial score (nSPS) is 14.6. The molecule has 0 aliphatic carbocycles. The Balaban J connectivity index is 5.20. The number of aliphatic hydroxyl groups excluding tert-OH is 1. The van der Waals surface area contributed by atoms with E-state index in [0.717, 1.165) is 114 Å². The van der Waals surface area contributed by atoms with Gasteiger partial charge in [0.05, 0.1) is 26.4 Å². The third-order valence-electron chi connectivity index (χ3n) is 19.5. The first-order chi connectivity index (χ1) is 48.2. The second kappa shape index (κ2) is 70.1. The first-order valence-electron chi connectivity index (χ1n) is 41.8. The maximum Gasteiger partial charge on any atom is 0.472 e. The van der Waals surface area contributed by atoms with Crippen LogP contribution in [0.1, 0.15) is 415 Å². The Hall–Kier alpha value is -1.94. The summed E-state index contributed by atoms with van der Waals surface area (Å²) in [6, 6.07) is 0. The van der Waals surface area contributed by atoms with E-state index in [1.54, 1.807) is 0 Å². The van der Waals surface area contributed by atoms with Gasteiger partial charge in [-0.1, -0.05) is 364 Å². The maximum atomic E-state index is 13.1. The van der Waals surface area contributed by atoms with Gasteiger partial charge in [-0.3, -0.25) is 37.3 Å². The zero-order chi connectivity index (χ0) is 73.8. The number of hydrogen-bond acceptors (Lipinski definition) is 15. The second-order valence-corrected chi connectivity index (χ2v) is 33.5. The number of rotatable bonds is 78. The molecular formula is C81H158O17P2. The lowest BCUT2D eigenvalue weighted by molar-refractivity contribution is -0.161. The summed E-state index contributed by atoms with van der Waals surface area (Å²) in [6.45, 7) is 14.3. The summed E-state index contributed by atoms with van der Waals surface area (Å²) in [5.74, 6) is 1.04. The molecule has 0 bridgehead atoms. The maximum absolute atomic E-state index is 13.1. The number of carbonyl (C=O) groups is 4. The lowest BCUT2D eigenvalue weighted by Gasteiger charge is -2.21. The molecule has 17 nitrogen and oxygen atoms in total. The summed E-state index contributed by atoms with van der Waals surface area (Å²) < 4.78 is 68.7. The van der Waals surface area contributed by atoms with Crippen LogP contribution in [0.25, 0.3) is 0 Å². The zero-order valence-corrected chi connectivity index (χ0v) is 67.6. The molecule has 3 N–H and O–H groups in total. The van der Waals surface area contributed by atoms with Gasteiger partial charge in [-0.05, 0) is 49.4 Å². The van der Waals surface area contributed by atoms with Gasteiger partial charge in [-0.2, -0.15) is 0 Å². The highest BCUT2D eigenvalue weighted by molar-refractivity contribution is 7.47. The molecule has 594 valence electrons. The molecule has 5 unspecified atom stereocenters. The zero-order valence-electron chi connectivity index (χ0n) is 65.8. The number of carbonyl (C=O) groups excluding carboxylic acids is 4. The van der Waals surface area contributed by atoms with Crippen LogP contribution < -0.4 is 0 Å². The van der Waals surface area contributed by atoms with Gasteiger partial charge in [-0.15, -0.1) is 0 Å². The van der Waals surface area contributed by atoms with Gasteiger partial charge >= 0.3 is 39.5 Å². The second-order valence-electron chi connectivity index (χ2n) is 30.6. The Morgan fingerprint density at radius 3 is 0.710 bits per heavy atom. The summed E-state index contributed by atoms with van der Waals surface area (Å²) in [5, 5.41) is 10.6. The van der Waals surface area contributed by atoms with E-state index < -0.39 is 97.5 Å². The minimum absolute atomic E-state index is 0.106. The summed E-state index contributed by atoms with van der Waals surface area (Å²) >= 11 is 0. The van der Waals surface area contributed by atoms with E-state index in [0.29, 0.717) is 31.6 Å². The number of hydrogen-bond donors (Lipinski definition) is 3. The van der Waals surface area contributed by atoms with E-state index in [2.05, 4.69) is 55.4 Å². The Bertz CT molecular complexity index is 1960. The third-order valence-corrected chi connectivity index (χ3v) is 21.4. The molecule has 0 aromatic rings. The quantitative estimate of drug-likeness (QED) is 0.0222. The SMILES string of the molecule is CCC(C)CCCCCCCCCCCCCCCCCCCCC(=O)O[C@H](COC(=O)CCCCCCCCCC(C)C)COP(=O)(O)OCC(O)COP(=O)(O)OC[C@@H](COC(=O)CCCCCCCCCCCCC(C)CC)OC(=O)CCCCCCCCCCCCCC(C)C. The standard InChI is InChI=1S/C81H158O17P2/c1-9-73(7)59-51-43-35-27-21-17-15-13-11-12-14-16-18-22-30-38-47-55-63-80(85)98-77(68-92-79(84)62-54-46-40-32-34-42-50-58-72(5)6)70-96-100(89,90)94-66-75(82)65-93-99(87,88)95-69-76(97-81(86)64-56-48-39-31-23-19-20-26-33-41-49-57-71(3)4)67-91-78(83)61-53-45-37-29-25-24-28-36-44-52-60-74(8)10-2/h71-77,82H,9-70H2,1-8H3,(H,87,88)(H,89,90)/t73?,74?,75?,76-,77-/m1/s1. The van der Waals surface area contributed by atoms with Crippen LogP contribution in [0.4, 0.5) is 0 Å². The van der Waals surface area contributed by atoms with Crippen LogP contribution in [-0.2, 0) is 65.4 Å². The topological polar surface area (TPSA) is 237 Å². The van der Waals surface area contributed by atoms with Crippen LogP contribution >= 0.6 is 15.6 Å². The molecule has 0 aromatic carbocycles. The predicted molar refractivity (Wildman–Crippen MR) is 409 cm³/mol. The predicted octanol–water partition coefficient (Wildman–Crippen LogP) is 24.0. The molecular weight excluding hydrogens is 1310 g/mol. The molecule has 0 aliphatic rings. The molecule has 0 fully saturated rings. The van der Waals surface area contributed by atoms with Crippen molar-refractivity contribution in [3.8, 4) is 0 Å². The molecule has 0 spiro atoms. The average Bonchev–Trinajstić information content (AvgIpc) is 1.01. The highest BCUT2D eigenvalue weighted by atomic mass is 31.2. The fraction of sp³-hybridized carbons (Fsp3) is 0.951. The van der Waals surface area contributed by atoms with Crippen LogP contribution in [-0.4, -0.2) is 96.7 Å². The van der Waals surface area contributed by atoms with E-state index in [9.17, 15) is 43.2 Å². The lowest BCUT2D eigenvalue weighted by Crippen LogP contribution is -2.30. The smallest absolute Gasteiger partial charge is 0.462 e. The van der Waals surface area contributed by atoms with Crippen molar-refractivity contribution in [1.82, 2.24) is 0 Å². The highest BCUT2D eigenvalue weighted by Gasteiger charge is 2.30. The van der Waals surface area contributed by atoms with E-state index in [4.69, 9.17) is 37.0 Å². The number of phosphoric ester groups is 2. The van der Waals surface area contributed by atoms with Gasteiger partial charge in [0.1, 0.15) is 19.3 Å². The first kappa shape index (κ1) is 98.1. The van der Waals surface area contributed by atoms with Crippen molar-refractivity contribution in [2.75, 3.05) is 39.6 Å². The number of esters is 4. The van der Waals surface area contributed by atoms with Gasteiger partial charge in [0, 0.05) is 25.7 Å². The summed E-state index contributed by atoms with van der Waals surface area (Å²) in [7, 11) is -9.92. The molecule has 7 atom stereocenters. The molecule has 0 amide bonds. The minimum Gasteiger partial charge on any atom is -0.462 e. The molecule has 0 aliphatic heterocycles. The van der Waals surface area contributed by atoms with Crippen molar-refractivity contribution in [2.24, 2.45) is 23.7 Å². The van der Waals surface area contributed by atoms with Crippen molar-refractivity contribution >= 4 is 39.5 Å². The van der Waals surface area contributed by atoms with Gasteiger partial charge in [0.2, 0.25) is 0 Å². The van der Waals surface area contributed by atoms with Crippen LogP contribution in [0.3, 0.4) is 0 Å². The fourth-order valence-corrected chi connectivity index (χ4v) is 13.9. The van der Waals surface area contributed by atoms with Gasteiger partial charge in [-0.25, -0.2) is 9.13 Å². The number of ether oxygens (including phenoxy) is 4. The van der Waals surface area contributed by atoms with Gasteiger partial charge in [0.25, 0.3) is 0 Å². The van der Waals surface area contributed by atoms with Crippen molar-refractivity contribution in [1.29, 1.82) is 0 Å². The number of aliphatic hydroxyl groups is 1. The molecule has 0 rings (SSSR count). The van der Waals surface area contributed by atoms with Crippen LogP contribution in [0.15, 0.2) is 0 Å². The monoisotopic (exact) mass is 1470 g/mol. The van der Waals surface area contributed by atoms with E-state index in [-0.39, 0.29) is 25.7 Å². The van der Waals surface area contributed by atoms with Crippen molar-refractivity contribution < 1.29 is 80.2 Å². The third kappa shape index (κ3) is 71.7. The Labute approximate surface area is 613 Å². The van der Waals surface area contributed by atoms with Crippen molar-refractivity contribution in [3.05, 3.63) is 0 Å². The van der Waals surface area contributed by atoms with Crippen LogP contribution in [0.2, 0.25) is 0 Å². The first-order valence-corrected chi connectivity index (χ1v) is 44.8. The number of phosphoric acid groups is 2. The highest BCUT2D eigenvalue weighted by Crippen LogP contribution is 2.45. The largest absolute Gasteiger partial charge is 0.472 e. The summed E-state index contributed by atoms with van der Waals surface area (Å²) in [4.78, 5) is 73.0. The van der Waals surface area contributed by atoms with Crippen LogP contribution in [0, 0.1) is 23.7 Å². The van der Waals surface area contributed by atoms with Crippen LogP contribution in [0.5, 0.6) is 0 Å². The number of unbranched alkanes of at least 4 members (excludes halogenated alkanes) is 42. The molecule has 0 heterocycles. The Kier molecular flexibility index (Phi) is 68.7. The fourth-order valence-electron chi connectivity index (χ4n) is 12.4. The van der Waals surface area contributed by atoms with Gasteiger partial charge < -0.3 is 33.8 Å². The van der Waals surface area contributed by atoms with E-state index in [1.165, 1.54) is 212 Å². The van der Waals surface area contributed by atoms with Crippen molar-refractivity contribution in [3.63, 3.8) is 0 Å². The minimum atomic E-state index is -4.96. The van der Waals surface area contributed by atoms with Gasteiger partial charge in [0.15, 0.2) is 12.2 Å². The summed E-state index contributed by atoms with van der Waals surface area (Å²) in [5.41, 5.74) is 0. The molecule has 100 heavy (non-hydrogen) atoms. The molecule has 0 aromatic heterocycles. The Morgan fingerprint density at radius 1 is 0.280 bits per heavy atom.